The van der Waals surface area contributed by atoms with Crippen molar-refractivity contribution in [2.24, 2.45) is 9.39 Å². The molecule has 1 aromatic rings. The van der Waals surface area contributed by atoms with Crippen molar-refractivity contribution >= 4 is 33.3 Å². The van der Waals surface area contributed by atoms with Crippen LogP contribution in [0, 0.1) is 0 Å². The standard InChI is InChI=1S/C8H4ClF3N2O2S/c9-6-1-3-7(4-2-6)13-5-14-17(15,16)8(10,11)12/h1-4H. The molecule has 0 aliphatic heterocycles. The van der Waals surface area contributed by atoms with Crippen LogP contribution < -0.4 is 0 Å². The zero-order valence-corrected chi connectivity index (χ0v) is 9.51. The maximum Gasteiger partial charge on any atom is 0.519 e. The van der Waals surface area contributed by atoms with E-state index in [4.69, 9.17) is 11.6 Å². The molecule has 0 fully saturated rings. The summed E-state index contributed by atoms with van der Waals surface area (Å²) < 4.78 is 58.7. The van der Waals surface area contributed by atoms with Crippen LogP contribution in [0.2, 0.25) is 5.02 Å². The summed E-state index contributed by atoms with van der Waals surface area (Å²) in [5, 5.41) is 0.406. The minimum Gasteiger partial charge on any atom is -0.194 e. The predicted molar refractivity (Wildman–Crippen MR) is 55.9 cm³/mol. The van der Waals surface area contributed by atoms with Crippen molar-refractivity contribution in [3.05, 3.63) is 29.3 Å². The monoisotopic (exact) mass is 284 g/mol. The van der Waals surface area contributed by atoms with Gasteiger partial charge < -0.3 is 0 Å². The Labute approximate surface area is 99.5 Å². The van der Waals surface area contributed by atoms with Gasteiger partial charge in [0.15, 0.2) is 0 Å². The summed E-state index contributed by atoms with van der Waals surface area (Å²) in [6, 6.07) is 7.06. The first-order valence-electron chi connectivity index (χ1n) is 3.97. The van der Waals surface area contributed by atoms with Gasteiger partial charge in [-0.2, -0.15) is 26.6 Å². The molecule has 0 amide bonds. The van der Waals surface area contributed by atoms with E-state index in [1.165, 1.54) is 30.3 Å². The summed E-state index contributed by atoms with van der Waals surface area (Å²) in [5.41, 5.74) is -5.27. The summed E-state index contributed by atoms with van der Waals surface area (Å²) in [5.74, 6) is 0. The molecule has 0 spiro atoms. The number of benzene rings is 1. The van der Waals surface area contributed by atoms with E-state index < -0.39 is 15.5 Å². The Morgan fingerprint density at radius 2 is 1.71 bits per heavy atom. The van der Waals surface area contributed by atoms with E-state index in [9.17, 15) is 21.6 Å². The second kappa shape index (κ2) is 4.87. The first-order valence-corrected chi connectivity index (χ1v) is 5.79. The number of nitrogens with zero attached hydrogens (tertiary/aromatic N) is 2. The first kappa shape index (κ1) is 13.7. The molecule has 0 atom stereocenters. The average Bonchev–Trinajstić information content (AvgIpc) is 2.19. The fourth-order valence-electron chi connectivity index (χ4n) is 0.699. The molecule has 0 radical (unpaired) electrons. The lowest BCUT2D eigenvalue weighted by atomic mass is 10.3. The van der Waals surface area contributed by atoms with E-state index in [-0.39, 0.29) is 5.69 Å². The van der Waals surface area contributed by atoms with Crippen LogP contribution in [0.3, 0.4) is 0 Å². The van der Waals surface area contributed by atoms with Crippen molar-refractivity contribution in [2.75, 3.05) is 0 Å². The SMILES string of the molecule is O=S(=O)(N=C=Nc1ccc(Cl)cc1)C(F)(F)F. The maximum atomic E-state index is 11.8. The van der Waals surface area contributed by atoms with E-state index in [0.717, 1.165) is 0 Å². The third kappa shape index (κ3) is 3.85. The Balaban J connectivity index is 2.96. The number of hydrogen-bond donors (Lipinski definition) is 0. The smallest absolute Gasteiger partial charge is 0.194 e. The molecule has 0 aliphatic rings. The molecule has 4 nitrogen and oxygen atoms in total. The van der Waals surface area contributed by atoms with E-state index >= 15 is 0 Å². The van der Waals surface area contributed by atoms with Crippen LogP contribution in [0.1, 0.15) is 0 Å². The van der Waals surface area contributed by atoms with Crippen LogP contribution in [0.15, 0.2) is 33.7 Å². The zero-order chi connectivity index (χ0) is 13.1. The topological polar surface area (TPSA) is 58.9 Å². The highest BCUT2D eigenvalue weighted by molar-refractivity contribution is 7.91. The lowest BCUT2D eigenvalue weighted by molar-refractivity contribution is -0.0435. The second-order valence-corrected chi connectivity index (χ2v) is 4.73. The summed E-state index contributed by atoms with van der Waals surface area (Å²) in [4.78, 5) is 3.29. The quantitative estimate of drug-likeness (QED) is 0.784. The van der Waals surface area contributed by atoms with Crippen molar-refractivity contribution in [1.29, 1.82) is 0 Å². The van der Waals surface area contributed by atoms with E-state index in [2.05, 4.69) is 9.39 Å². The predicted octanol–water partition coefficient (Wildman–Crippen LogP) is 3.00. The molecular formula is C8H4ClF3N2O2S. The van der Waals surface area contributed by atoms with Crippen LogP contribution >= 0.6 is 11.6 Å². The van der Waals surface area contributed by atoms with Gasteiger partial charge >= 0.3 is 15.5 Å². The molecule has 0 saturated carbocycles. The largest absolute Gasteiger partial charge is 0.519 e. The van der Waals surface area contributed by atoms with Crippen molar-refractivity contribution in [1.82, 2.24) is 0 Å². The molecule has 0 saturated heterocycles. The molecule has 92 valence electrons. The summed E-state index contributed by atoms with van der Waals surface area (Å²) in [6.07, 6.45) is 0. The van der Waals surface area contributed by atoms with Gasteiger partial charge in [0.2, 0.25) is 0 Å². The number of aliphatic imine (C=N–C) groups is 1. The average molecular weight is 285 g/mol. The van der Waals surface area contributed by atoms with Crippen LogP contribution in [-0.4, -0.2) is 19.9 Å². The van der Waals surface area contributed by atoms with Gasteiger partial charge in [0.1, 0.15) is 6.01 Å². The van der Waals surface area contributed by atoms with Crippen molar-refractivity contribution in [2.45, 2.75) is 5.51 Å². The van der Waals surface area contributed by atoms with Gasteiger partial charge in [0.25, 0.3) is 0 Å². The van der Waals surface area contributed by atoms with Gasteiger partial charge in [-0.1, -0.05) is 16.0 Å². The van der Waals surface area contributed by atoms with Gasteiger partial charge in [0, 0.05) is 5.02 Å². The third-order valence-electron chi connectivity index (χ3n) is 1.46. The van der Waals surface area contributed by atoms with Gasteiger partial charge in [-0.25, -0.2) is 0 Å². The molecule has 1 rings (SSSR count). The molecule has 0 bridgehead atoms. The normalized spacial score (nSPS) is 11.8. The minimum absolute atomic E-state index is 0.176. The van der Waals surface area contributed by atoms with E-state index in [1.54, 1.807) is 0 Å². The molecule has 17 heavy (non-hydrogen) atoms. The van der Waals surface area contributed by atoms with E-state index in [1.807, 2.05) is 0 Å². The summed E-state index contributed by atoms with van der Waals surface area (Å²) in [7, 11) is -5.58. The van der Waals surface area contributed by atoms with Crippen molar-refractivity contribution < 1.29 is 21.6 Å². The number of alkyl halides is 3. The maximum absolute atomic E-state index is 11.8. The van der Waals surface area contributed by atoms with Crippen molar-refractivity contribution in [3.8, 4) is 0 Å². The van der Waals surface area contributed by atoms with Crippen LogP contribution in [0.4, 0.5) is 18.9 Å². The molecule has 0 unspecified atom stereocenters. The second-order valence-electron chi connectivity index (χ2n) is 2.70. The van der Waals surface area contributed by atoms with Gasteiger partial charge in [-0.3, -0.25) is 0 Å². The number of sulfonamides is 1. The van der Waals surface area contributed by atoms with Crippen LogP contribution in [-0.2, 0) is 10.0 Å². The van der Waals surface area contributed by atoms with Gasteiger partial charge in [-0.05, 0) is 24.3 Å². The Morgan fingerprint density at radius 3 is 2.18 bits per heavy atom. The zero-order valence-electron chi connectivity index (χ0n) is 7.94. The Morgan fingerprint density at radius 1 is 1.18 bits per heavy atom. The van der Waals surface area contributed by atoms with Gasteiger partial charge in [0.05, 0.1) is 5.69 Å². The van der Waals surface area contributed by atoms with E-state index in [0.29, 0.717) is 5.02 Å². The molecule has 0 heterocycles. The lowest BCUT2D eigenvalue weighted by Crippen LogP contribution is -2.20. The number of rotatable bonds is 2. The molecule has 1 aromatic carbocycles. The highest BCUT2D eigenvalue weighted by Gasteiger charge is 2.46. The number of halogens is 4. The molecule has 9 heteroatoms. The van der Waals surface area contributed by atoms with Crippen LogP contribution in [0.25, 0.3) is 0 Å². The Bertz CT molecular complexity index is 559. The Kier molecular flexibility index (Phi) is 3.92. The lowest BCUT2D eigenvalue weighted by Gasteiger charge is -1.99. The van der Waals surface area contributed by atoms with Gasteiger partial charge in [-0.15, -0.1) is 0 Å². The number of hydrogen-bond acceptors (Lipinski definition) is 3. The minimum atomic E-state index is -5.58. The molecule has 0 aliphatic carbocycles. The first-order chi connectivity index (χ1) is 7.72. The molecular weight excluding hydrogens is 281 g/mol. The fourth-order valence-corrected chi connectivity index (χ4v) is 1.08. The van der Waals surface area contributed by atoms with Crippen LogP contribution in [0.5, 0.6) is 0 Å². The highest BCUT2D eigenvalue weighted by Crippen LogP contribution is 2.24. The Hall–Kier alpha value is -1.37. The molecule has 0 aromatic heterocycles. The van der Waals surface area contributed by atoms with Crippen molar-refractivity contribution in [3.63, 3.8) is 0 Å². The molecule has 0 N–H and O–H groups in total. The summed E-state index contributed by atoms with van der Waals surface area (Å²) in [6.45, 7) is 0. The highest BCUT2D eigenvalue weighted by atomic mass is 35.5. The summed E-state index contributed by atoms with van der Waals surface area (Å²) >= 11 is 5.55. The fraction of sp³-hybridized carbons (Fsp3) is 0.125. The third-order valence-corrected chi connectivity index (χ3v) is 2.62.